The maximum Gasteiger partial charge on any atom is 0.270 e. The van der Waals surface area contributed by atoms with E-state index in [4.69, 9.17) is 0 Å². The monoisotopic (exact) mass is 482 g/mol. The predicted octanol–water partition coefficient (Wildman–Crippen LogP) is 1.46. The maximum absolute atomic E-state index is 13.3. The zero-order valence-corrected chi connectivity index (χ0v) is 20.4. The SMILES string of the molecule is CC(C)Cn1c(=O)c(C(=O)NC2CC2)c(O)n2ncc(C=CC(=O)N3CCN(C4CCC4)CC3)c12. The van der Waals surface area contributed by atoms with Crippen LogP contribution in [0.15, 0.2) is 17.1 Å². The molecule has 2 saturated carbocycles. The van der Waals surface area contributed by atoms with Crippen LogP contribution < -0.4 is 10.9 Å². The van der Waals surface area contributed by atoms with E-state index in [2.05, 4.69) is 15.3 Å². The summed E-state index contributed by atoms with van der Waals surface area (Å²) in [6.45, 7) is 7.48. The molecule has 0 radical (unpaired) electrons. The van der Waals surface area contributed by atoms with E-state index in [9.17, 15) is 19.5 Å². The number of rotatable bonds is 7. The summed E-state index contributed by atoms with van der Waals surface area (Å²) in [5, 5.41) is 17.8. The number of amides is 2. The summed E-state index contributed by atoms with van der Waals surface area (Å²) < 4.78 is 2.69. The summed E-state index contributed by atoms with van der Waals surface area (Å²) >= 11 is 0. The smallest absolute Gasteiger partial charge is 0.270 e. The molecule has 5 rings (SSSR count). The summed E-state index contributed by atoms with van der Waals surface area (Å²) in [5.41, 5.74) is 0.0382. The largest absolute Gasteiger partial charge is 0.492 e. The van der Waals surface area contributed by atoms with Crippen LogP contribution in [-0.4, -0.2) is 79.2 Å². The predicted molar refractivity (Wildman–Crippen MR) is 131 cm³/mol. The lowest BCUT2D eigenvalue weighted by Crippen LogP contribution is -2.53. The Bertz CT molecular complexity index is 1210. The summed E-state index contributed by atoms with van der Waals surface area (Å²) in [6, 6.07) is 0.733. The van der Waals surface area contributed by atoms with Crippen molar-refractivity contribution in [1.29, 1.82) is 0 Å². The Balaban J connectivity index is 1.41. The molecular weight excluding hydrogens is 448 g/mol. The molecule has 2 aromatic rings. The van der Waals surface area contributed by atoms with Gasteiger partial charge in [0, 0.05) is 56.4 Å². The molecule has 1 saturated heterocycles. The highest BCUT2D eigenvalue weighted by Crippen LogP contribution is 2.26. The molecule has 188 valence electrons. The molecule has 0 unspecified atom stereocenters. The van der Waals surface area contributed by atoms with Crippen LogP contribution in [0.2, 0.25) is 0 Å². The van der Waals surface area contributed by atoms with Gasteiger partial charge in [-0.1, -0.05) is 20.3 Å². The lowest BCUT2D eigenvalue weighted by atomic mass is 9.91. The van der Waals surface area contributed by atoms with Crippen molar-refractivity contribution < 1.29 is 14.7 Å². The van der Waals surface area contributed by atoms with Crippen LogP contribution in [0.4, 0.5) is 0 Å². The van der Waals surface area contributed by atoms with E-state index >= 15 is 0 Å². The second-order valence-corrected chi connectivity index (χ2v) is 10.4. The van der Waals surface area contributed by atoms with Crippen molar-refractivity contribution >= 4 is 23.5 Å². The first-order chi connectivity index (χ1) is 16.8. The van der Waals surface area contributed by atoms with Crippen molar-refractivity contribution in [2.75, 3.05) is 26.2 Å². The first-order valence-corrected chi connectivity index (χ1v) is 12.7. The van der Waals surface area contributed by atoms with Gasteiger partial charge in [0.05, 0.1) is 6.20 Å². The lowest BCUT2D eigenvalue weighted by Gasteiger charge is -2.42. The maximum atomic E-state index is 13.3. The second kappa shape index (κ2) is 9.49. The zero-order chi connectivity index (χ0) is 24.7. The van der Waals surface area contributed by atoms with Crippen molar-refractivity contribution in [3.05, 3.63) is 33.8 Å². The molecule has 2 aliphatic carbocycles. The Morgan fingerprint density at radius 3 is 2.49 bits per heavy atom. The molecule has 0 atom stereocenters. The number of aromatic nitrogens is 3. The van der Waals surface area contributed by atoms with E-state index in [1.54, 1.807) is 6.08 Å². The Morgan fingerprint density at radius 2 is 1.89 bits per heavy atom. The molecule has 1 aliphatic heterocycles. The summed E-state index contributed by atoms with van der Waals surface area (Å²) in [7, 11) is 0. The number of hydrogen-bond acceptors (Lipinski definition) is 6. The number of carbonyl (C=O) groups excluding carboxylic acids is 2. The highest BCUT2D eigenvalue weighted by Gasteiger charge is 2.31. The fraction of sp³-hybridized carbons (Fsp3) is 0.600. The van der Waals surface area contributed by atoms with Crippen molar-refractivity contribution in [1.82, 2.24) is 29.3 Å². The molecule has 0 bridgehead atoms. The molecule has 3 fully saturated rings. The molecule has 3 heterocycles. The van der Waals surface area contributed by atoms with E-state index in [0.717, 1.165) is 25.9 Å². The van der Waals surface area contributed by atoms with Gasteiger partial charge in [-0.05, 0) is 37.7 Å². The van der Waals surface area contributed by atoms with Gasteiger partial charge < -0.3 is 15.3 Å². The highest BCUT2D eigenvalue weighted by molar-refractivity contribution is 5.97. The fourth-order valence-electron chi connectivity index (χ4n) is 4.87. The number of aromatic hydroxyl groups is 1. The number of fused-ring (bicyclic) bond motifs is 1. The molecule has 0 spiro atoms. The lowest BCUT2D eigenvalue weighted by molar-refractivity contribution is -0.128. The number of nitrogens with one attached hydrogen (secondary N) is 1. The summed E-state index contributed by atoms with van der Waals surface area (Å²) in [6.07, 6.45) is 10.2. The van der Waals surface area contributed by atoms with E-state index in [-0.39, 0.29) is 23.4 Å². The summed E-state index contributed by atoms with van der Waals surface area (Å²) in [4.78, 5) is 43.2. The van der Waals surface area contributed by atoms with Gasteiger partial charge in [0.1, 0.15) is 5.65 Å². The van der Waals surface area contributed by atoms with Crippen LogP contribution in [0.3, 0.4) is 0 Å². The van der Waals surface area contributed by atoms with Crippen molar-refractivity contribution in [3.8, 4) is 5.88 Å². The van der Waals surface area contributed by atoms with Gasteiger partial charge in [0.2, 0.25) is 11.8 Å². The zero-order valence-electron chi connectivity index (χ0n) is 20.4. The number of carbonyl (C=O) groups is 2. The Morgan fingerprint density at radius 1 is 1.17 bits per heavy atom. The van der Waals surface area contributed by atoms with Gasteiger partial charge in [-0.2, -0.15) is 9.61 Å². The first kappa shape index (κ1) is 23.6. The summed E-state index contributed by atoms with van der Waals surface area (Å²) in [5.74, 6) is -1.04. The van der Waals surface area contributed by atoms with Gasteiger partial charge in [-0.25, -0.2) is 0 Å². The average Bonchev–Trinajstić information content (AvgIpc) is 3.49. The van der Waals surface area contributed by atoms with E-state index < -0.39 is 17.3 Å². The average molecular weight is 483 g/mol. The molecule has 3 aliphatic rings. The van der Waals surface area contributed by atoms with Crippen molar-refractivity contribution in [2.24, 2.45) is 5.92 Å². The minimum Gasteiger partial charge on any atom is -0.492 e. The minimum absolute atomic E-state index is 0.0493. The molecule has 0 aromatic carbocycles. The normalized spacial score (nSPS) is 19.6. The number of nitrogens with zero attached hydrogens (tertiary/aromatic N) is 5. The van der Waals surface area contributed by atoms with Crippen LogP contribution in [0.5, 0.6) is 5.88 Å². The molecular formula is C25H34N6O4. The van der Waals surface area contributed by atoms with Crippen molar-refractivity contribution in [2.45, 2.75) is 64.6 Å². The molecule has 2 N–H and O–H groups in total. The van der Waals surface area contributed by atoms with Crippen LogP contribution >= 0.6 is 0 Å². The van der Waals surface area contributed by atoms with Gasteiger partial charge in [0.25, 0.3) is 11.5 Å². The van der Waals surface area contributed by atoms with Gasteiger partial charge in [-0.3, -0.25) is 23.9 Å². The Hall–Kier alpha value is -3.14. The van der Waals surface area contributed by atoms with Crippen LogP contribution in [0, 0.1) is 5.92 Å². The molecule has 10 nitrogen and oxygen atoms in total. The Labute approximate surface area is 204 Å². The van der Waals surface area contributed by atoms with Crippen LogP contribution in [-0.2, 0) is 11.3 Å². The quantitative estimate of drug-likeness (QED) is 0.578. The first-order valence-electron chi connectivity index (χ1n) is 12.7. The molecule has 35 heavy (non-hydrogen) atoms. The van der Waals surface area contributed by atoms with Gasteiger partial charge in [0.15, 0.2) is 5.56 Å². The van der Waals surface area contributed by atoms with E-state index in [1.807, 2.05) is 18.7 Å². The number of piperazine rings is 1. The third-order valence-electron chi connectivity index (χ3n) is 7.22. The second-order valence-electron chi connectivity index (χ2n) is 10.4. The third kappa shape index (κ3) is 4.71. The standard InChI is InChI=1S/C25H34N6O4/c1-16(2)15-30-23-17(6-9-20(32)29-12-10-28(11-13-29)19-4-3-5-19)14-26-31(23)25(35)21(24(30)34)22(33)27-18-7-8-18/h6,9,14,16,18-19,35H,3-5,7-8,10-13,15H2,1-2H3,(H,27,33). The highest BCUT2D eigenvalue weighted by atomic mass is 16.3. The van der Waals surface area contributed by atoms with E-state index in [0.29, 0.717) is 36.9 Å². The molecule has 2 amide bonds. The van der Waals surface area contributed by atoms with Gasteiger partial charge >= 0.3 is 0 Å². The fourth-order valence-corrected chi connectivity index (χ4v) is 4.87. The van der Waals surface area contributed by atoms with Gasteiger partial charge in [-0.15, -0.1) is 0 Å². The van der Waals surface area contributed by atoms with Crippen molar-refractivity contribution in [3.63, 3.8) is 0 Å². The third-order valence-corrected chi connectivity index (χ3v) is 7.22. The molecule has 10 heteroatoms. The Kier molecular flexibility index (Phi) is 6.39. The van der Waals surface area contributed by atoms with Crippen LogP contribution in [0.1, 0.15) is 61.9 Å². The minimum atomic E-state index is -0.585. The number of hydrogen-bond donors (Lipinski definition) is 2. The van der Waals surface area contributed by atoms with Crippen LogP contribution in [0.25, 0.3) is 11.7 Å². The molecule has 2 aromatic heterocycles. The van der Waals surface area contributed by atoms with E-state index in [1.165, 1.54) is 40.6 Å². The topological polar surface area (TPSA) is 112 Å².